The molecule has 2 rings (SSSR count). The largest absolute Gasteiger partial charge is 0.322 e. The van der Waals surface area contributed by atoms with Crippen LogP contribution in [0.3, 0.4) is 0 Å². The van der Waals surface area contributed by atoms with E-state index >= 15 is 0 Å². The van der Waals surface area contributed by atoms with Gasteiger partial charge in [0.15, 0.2) is 0 Å². The molecule has 0 bridgehead atoms. The summed E-state index contributed by atoms with van der Waals surface area (Å²) in [4.78, 5) is 4.14. The fourth-order valence-electron chi connectivity index (χ4n) is 1.47. The predicted molar refractivity (Wildman–Crippen MR) is 67.0 cm³/mol. The Hall–Kier alpha value is -1.35. The topological polar surface area (TPSA) is 74.7 Å². The standard InChI is InChI=1S/C10H6BrClN4/c11-6-1-2-7(12)10-8(6)9(16-14)5(3-13)4-15-10/h1-2,4H,14H2,(H,15,16). The molecule has 0 fully saturated rings. The lowest BCUT2D eigenvalue weighted by atomic mass is 10.1. The summed E-state index contributed by atoms with van der Waals surface area (Å²) in [6.45, 7) is 0. The molecule has 0 saturated carbocycles. The van der Waals surface area contributed by atoms with Crippen LogP contribution in [0.1, 0.15) is 5.56 Å². The molecule has 0 aliphatic heterocycles. The quantitative estimate of drug-likeness (QED) is 0.627. The lowest BCUT2D eigenvalue weighted by Gasteiger charge is -2.09. The molecule has 3 N–H and O–H groups in total. The van der Waals surface area contributed by atoms with E-state index in [1.807, 2.05) is 6.07 Å². The minimum atomic E-state index is 0.373. The Morgan fingerprint density at radius 1 is 1.50 bits per heavy atom. The van der Waals surface area contributed by atoms with Crippen molar-refractivity contribution < 1.29 is 0 Å². The van der Waals surface area contributed by atoms with Crippen LogP contribution in [-0.2, 0) is 0 Å². The summed E-state index contributed by atoms with van der Waals surface area (Å²) in [6.07, 6.45) is 1.44. The second kappa shape index (κ2) is 4.26. The summed E-state index contributed by atoms with van der Waals surface area (Å²) in [5, 5.41) is 10.2. The Morgan fingerprint density at radius 2 is 2.25 bits per heavy atom. The SMILES string of the molecule is N#Cc1cnc2c(Cl)ccc(Br)c2c1NN. The number of hydrogen-bond acceptors (Lipinski definition) is 4. The van der Waals surface area contributed by atoms with Crippen LogP contribution in [0.2, 0.25) is 5.02 Å². The molecule has 80 valence electrons. The molecule has 0 saturated heterocycles. The van der Waals surface area contributed by atoms with E-state index in [4.69, 9.17) is 22.7 Å². The van der Waals surface area contributed by atoms with Crippen LogP contribution < -0.4 is 11.3 Å². The van der Waals surface area contributed by atoms with Crippen LogP contribution in [0.4, 0.5) is 5.69 Å². The predicted octanol–water partition coefficient (Wildman–Crippen LogP) is 2.81. The zero-order valence-corrected chi connectivity index (χ0v) is 10.3. The number of rotatable bonds is 1. The molecule has 0 unspecified atom stereocenters. The first-order valence-electron chi connectivity index (χ1n) is 4.32. The van der Waals surface area contributed by atoms with Crippen LogP contribution in [-0.4, -0.2) is 4.98 Å². The van der Waals surface area contributed by atoms with E-state index in [0.717, 1.165) is 4.47 Å². The first kappa shape index (κ1) is 11.1. The van der Waals surface area contributed by atoms with Crippen molar-refractivity contribution in [1.82, 2.24) is 4.98 Å². The van der Waals surface area contributed by atoms with Gasteiger partial charge in [0, 0.05) is 16.1 Å². The van der Waals surface area contributed by atoms with Gasteiger partial charge in [-0.3, -0.25) is 10.8 Å². The third-order valence-corrected chi connectivity index (χ3v) is 3.15. The molecule has 0 atom stereocenters. The number of nitrogen functional groups attached to an aromatic ring is 1. The summed E-state index contributed by atoms with van der Waals surface area (Å²) >= 11 is 9.40. The van der Waals surface area contributed by atoms with E-state index in [-0.39, 0.29) is 0 Å². The third-order valence-electron chi connectivity index (χ3n) is 2.18. The molecule has 4 nitrogen and oxygen atoms in total. The Labute approximate surface area is 105 Å². The lowest BCUT2D eigenvalue weighted by molar-refractivity contribution is 1.30. The minimum Gasteiger partial charge on any atom is -0.322 e. The van der Waals surface area contributed by atoms with Crippen LogP contribution in [0.25, 0.3) is 10.9 Å². The van der Waals surface area contributed by atoms with Crippen LogP contribution in [0.15, 0.2) is 22.8 Å². The second-order valence-corrected chi connectivity index (χ2v) is 4.32. The third kappa shape index (κ3) is 1.61. The molecule has 6 heteroatoms. The van der Waals surface area contributed by atoms with Gasteiger partial charge in [-0.1, -0.05) is 27.5 Å². The van der Waals surface area contributed by atoms with Crippen molar-refractivity contribution in [2.75, 3.05) is 5.43 Å². The van der Waals surface area contributed by atoms with Crippen LogP contribution in [0.5, 0.6) is 0 Å². The van der Waals surface area contributed by atoms with Gasteiger partial charge in [-0.2, -0.15) is 5.26 Å². The fourth-order valence-corrected chi connectivity index (χ4v) is 2.19. The summed E-state index contributed by atoms with van der Waals surface area (Å²) in [7, 11) is 0. The number of nitrogens with one attached hydrogen (secondary N) is 1. The van der Waals surface area contributed by atoms with Gasteiger partial charge in [-0.05, 0) is 12.1 Å². The number of hydrazine groups is 1. The molecular formula is C10H6BrClN4. The van der Waals surface area contributed by atoms with Crippen molar-refractivity contribution in [1.29, 1.82) is 5.26 Å². The number of fused-ring (bicyclic) bond motifs is 1. The van der Waals surface area contributed by atoms with Gasteiger partial charge in [-0.15, -0.1) is 0 Å². The van der Waals surface area contributed by atoms with Gasteiger partial charge in [-0.25, -0.2) is 0 Å². The summed E-state index contributed by atoms with van der Waals surface area (Å²) in [6, 6.07) is 5.53. The maximum Gasteiger partial charge on any atom is 0.103 e. The van der Waals surface area contributed by atoms with Crippen molar-refractivity contribution in [2.24, 2.45) is 5.84 Å². The average molecular weight is 298 g/mol. The molecule has 0 aliphatic rings. The van der Waals surface area contributed by atoms with Crippen LogP contribution in [0, 0.1) is 11.3 Å². The van der Waals surface area contributed by atoms with Crippen molar-refractivity contribution in [3.05, 3.63) is 33.4 Å². The molecule has 16 heavy (non-hydrogen) atoms. The average Bonchev–Trinajstić information content (AvgIpc) is 2.32. The number of halogens is 2. The molecule has 1 aromatic heterocycles. The van der Waals surface area contributed by atoms with E-state index in [1.165, 1.54) is 6.20 Å². The first-order valence-corrected chi connectivity index (χ1v) is 5.49. The monoisotopic (exact) mass is 296 g/mol. The molecule has 0 amide bonds. The lowest BCUT2D eigenvalue weighted by Crippen LogP contribution is -2.09. The number of nitrogens with two attached hydrogens (primary N) is 1. The number of pyridine rings is 1. The highest BCUT2D eigenvalue weighted by molar-refractivity contribution is 9.10. The maximum atomic E-state index is 8.94. The van der Waals surface area contributed by atoms with E-state index in [2.05, 4.69) is 26.3 Å². The van der Waals surface area contributed by atoms with E-state index < -0.39 is 0 Å². The summed E-state index contributed by atoms with van der Waals surface area (Å²) in [5.74, 6) is 5.42. The van der Waals surface area contributed by atoms with Crippen molar-refractivity contribution in [2.45, 2.75) is 0 Å². The normalized spacial score (nSPS) is 10.1. The second-order valence-electron chi connectivity index (χ2n) is 3.06. The van der Waals surface area contributed by atoms with Gasteiger partial charge in [0.25, 0.3) is 0 Å². The van der Waals surface area contributed by atoms with E-state index in [9.17, 15) is 0 Å². The number of nitrogens with zero attached hydrogens (tertiary/aromatic N) is 2. The van der Waals surface area contributed by atoms with Gasteiger partial charge in [0.05, 0.1) is 21.8 Å². The first-order chi connectivity index (χ1) is 7.69. The molecule has 1 aromatic carbocycles. The molecule has 0 spiro atoms. The molecule has 0 radical (unpaired) electrons. The van der Waals surface area contributed by atoms with Gasteiger partial charge < -0.3 is 5.43 Å². The molecule has 1 heterocycles. The number of anilines is 1. The Morgan fingerprint density at radius 3 is 2.88 bits per heavy atom. The number of benzene rings is 1. The zero-order valence-electron chi connectivity index (χ0n) is 7.96. The molecule has 0 aliphatic carbocycles. The van der Waals surface area contributed by atoms with Crippen molar-refractivity contribution >= 4 is 44.1 Å². The number of hydrogen-bond donors (Lipinski definition) is 2. The molecular weight excluding hydrogens is 291 g/mol. The summed E-state index contributed by atoms with van der Waals surface area (Å²) < 4.78 is 0.782. The number of nitriles is 1. The summed E-state index contributed by atoms with van der Waals surface area (Å²) in [5.41, 5.74) is 4.00. The highest BCUT2D eigenvalue weighted by atomic mass is 79.9. The smallest absolute Gasteiger partial charge is 0.103 e. The maximum absolute atomic E-state index is 8.94. The molecule has 2 aromatic rings. The number of aromatic nitrogens is 1. The Bertz CT molecular complexity index is 606. The van der Waals surface area contributed by atoms with E-state index in [0.29, 0.717) is 27.2 Å². The van der Waals surface area contributed by atoms with Gasteiger partial charge in [0.1, 0.15) is 6.07 Å². The Balaban J connectivity index is 2.98. The van der Waals surface area contributed by atoms with Gasteiger partial charge >= 0.3 is 0 Å². The fraction of sp³-hybridized carbons (Fsp3) is 0. The highest BCUT2D eigenvalue weighted by Gasteiger charge is 2.12. The van der Waals surface area contributed by atoms with Crippen molar-refractivity contribution in [3.8, 4) is 6.07 Å². The zero-order chi connectivity index (χ0) is 11.7. The minimum absolute atomic E-state index is 0.373. The van der Waals surface area contributed by atoms with E-state index in [1.54, 1.807) is 12.1 Å². The van der Waals surface area contributed by atoms with Crippen LogP contribution >= 0.6 is 27.5 Å². The van der Waals surface area contributed by atoms with Gasteiger partial charge in [0.2, 0.25) is 0 Å². The Kier molecular flexibility index (Phi) is 2.97. The highest BCUT2D eigenvalue weighted by Crippen LogP contribution is 2.35. The van der Waals surface area contributed by atoms with Crippen molar-refractivity contribution in [3.63, 3.8) is 0 Å².